The van der Waals surface area contributed by atoms with Gasteiger partial charge in [0.2, 0.25) is 15.8 Å². The number of rotatable bonds is 0. The molecule has 0 spiro atoms. The molecule has 0 radical (unpaired) electrons. The molecule has 0 aliphatic heterocycles. The average molecular weight is 158 g/mol. The second-order valence-corrected chi connectivity index (χ2v) is 1.34. The van der Waals surface area contributed by atoms with Crippen LogP contribution < -0.4 is 9.79 Å². The highest BCUT2D eigenvalue weighted by molar-refractivity contribution is 7.21. The highest BCUT2D eigenvalue weighted by Gasteiger charge is 1.36. The van der Waals surface area contributed by atoms with Crippen LogP contribution in [0.15, 0.2) is 0 Å². The van der Waals surface area contributed by atoms with Crippen molar-refractivity contribution in [2.75, 3.05) is 0 Å². The lowest BCUT2D eigenvalue weighted by atomic mass is 15.9. The van der Waals surface area contributed by atoms with E-state index in [1.165, 1.54) is 0 Å². The van der Waals surface area contributed by atoms with E-state index in [9.17, 15) is 0 Å². The minimum absolute atomic E-state index is 3.37. The molecule has 0 bridgehead atoms. The van der Waals surface area contributed by atoms with Gasteiger partial charge in [0, 0.05) is 0 Å². The van der Waals surface area contributed by atoms with Crippen LogP contribution in [-0.4, -0.2) is 0 Å². The number of hydrogen-bond donors (Lipinski definition) is 0. The lowest BCUT2D eigenvalue weighted by Gasteiger charge is -1.62. The Morgan fingerprint density at radius 2 is 0.750 bits per heavy atom. The summed E-state index contributed by atoms with van der Waals surface area (Å²) in [7, 11) is -6.74. The Morgan fingerprint density at radius 3 is 0.750 bits per heavy atom. The van der Waals surface area contributed by atoms with Gasteiger partial charge in [0.05, 0.1) is 0 Å². The van der Waals surface area contributed by atoms with Crippen molar-refractivity contribution in [3.05, 3.63) is 0 Å². The third kappa shape index (κ3) is 1630. The van der Waals surface area contributed by atoms with E-state index >= 15 is 0 Å². The molecule has 0 aliphatic carbocycles. The maximum Gasteiger partial charge on any atom is 0.250 e. The van der Waals surface area contributed by atoms with E-state index in [4.69, 9.17) is 28.0 Å². The smallest absolute Gasteiger partial charge is 0.250 e. The average Bonchev–Trinajstić information content (AvgIpc) is 1.25. The van der Waals surface area contributed by atoms with Gasteiger partial charge >= 0.3 is 0 Å². The quantitative estimate of drug-likeness (QED) is 0.412. The molecule has 0 saturated heterocycles. The van der Waals surface area contributed by atoms with Crippen molar-refractivity contribution in [3.8, 4) is 0 Å². The largest absolute Gasteiger partial charge is 0.744 e. The van der Waals surface area contributed by atoms with Crippen LogP contribution in [0.3, 0.4) is 0 Å². The molecular weight excluding hydrogens is 158 g/mol. The van der Waals surface area contributed by atoms with Crippen LogP contribution in [0.2, 0.25) is 0 Å². The van der Waals surface area contributed by atoms with Gasteiger partial charge in [-0.25, -0.2) is 0 Å². The molecule has 0 aromatic heterocycles. The second-order valence-electron chi connectivity index (χ2n) is 0.447. The summed E-state index contributed by atoms with van der Waals surface area (Å²) in [4.78, 5) is 17.0. The molecule has 48 valence electrons. The maximum absolute atomic E-state index is 8.48. The minimum atomic E-state index is -3.37. The Bertz CT molecular complexity index is 123. The predicted molar refractivity (Wildman–Crippen MR) is 16.6 cm³/mol. The normalized spacial score (nSPS) is 6.25. The Labute approximate surface area is 45.0 Å². The molecule has 8 heteroatoms. The van der Waals surface area contributed by atoms with Gasteiger partial charge in [-0.1, -0.05) is 0 Å². The van der Waals surface area contributed by atoms with Crippen LogP contribution in [0.4, 0.5) is 0 Å². The van der Waals surface area contributed by atoms with Crippen molar-refractivity contribution in [3.63, 3.8) is 0 Å². The third-order valence-corrected chi connectivity index (χ3v) is 0. The van der Waals surface area contributed by atoms with Gasteiger partial charge in [-0.15, -0.1) is 0 Å². The van der Waals surface area contributed by atoms with E-state index in [1.807, 2.05) is 0 Å². The van der Waals surface area contributed by atoms with Crippen LogP contribution in [0.25, 0.3) is 0 Å². The van der Waals surface area contributed by atoms with Crippen molar-refractivity contribution in [2.24, 2.45) is 0 Å². The second kappa shape index (κ2) is 6.72. The molecule has 8 heavy (non-hydrogen) atoms. The zero-order chi connectivity index (χ0) is 7.15. The fraction of sp³-hybridized carbons (Fsp3) is 0. The third-order valence-electron chi connectivity index (χ3n) is 0. The Kier molecular flexibility index (Phi) is 8.95. The van der Waals surface area contributed by atoms with Crippen molar-refractivity contribution in [1.29, 1.82) is 0 Å². The van der Waals surface area contributed by atoms with E-state index in [-0.39, 0.29) is 0 Å². The van der Waals surface area contributed by atoms with E-state index in [0.29, 0.717) is 0 Å². The molecule has 0 aromatic rings. The fourth-order valence-corrected chi connectivity index (χ4v) is 0. The summed E-state index contributed by atoms with van der Waals surface area (Å²) in [6.45, 7) is 0. The highest BCUT2D eigenvalue weighted by Crippen LogP contribution is 1.74. The van der Waals surface area contributed by atoms with Crippen LogP contribution >= 0.6 is 15.8 Å². The molecule has 0 saturated carbocycles. The predicted octanol–water partition coefficient (Wildman–Crippen LogP) is -1.13. The summed E-state index contributed by atoms with van der Waals surface area (Å²) in [6.07, 6.45) is 0. The molecule has 0 heterocycles. The monoisotopic (exact) mass is 158 g/mol. The number of hydrogen-bond acceptors (Lipinski definition) is 6. The molecule has 0 atom stereocenters. The first-order valence-corrected chi connectivity index (χ1v) is 3.29. The molecule has 0 fully saturated rings. The molecule has 0 unspecified atom stereocenters. The standard InChI is InChI=1S/2HO3P/c2*1-4(2)3/h2*(H,1,2,3)/p-2. The van der Waals surface area contributed by atoms with Crippen molar-refractivity contribution < 1.29 is 28.0 Å². The van der Waals surface area contributed by atoms with Crippen LogP contribution in [-0.2, 0) is 18.3 Å². The fourth-order valence-electron chi connectivity index (χ4n) is 0. The van der Waals surface area contributed by atoms with E-state index in [0.717, 1.165) is 0 Å². The van der Waals surface area contributed by atoms with E-state index in [2.05, 4.69) is 0 Å². The Balaban J connectivity index is 0. The van der Waals surface area contributed by atoms with Gasteiger partial charge in [-0.05, 0) is 0 Å². The molecule has 0 rings (SSSR count). The minimum Gasteiger partial charge on any atom is -0.744 e. The van der Waals surface area contributed by atoms with E-state index < -0.39 is 15.8 Å². The molecule has 0 amide bonds. The molecule has 0 aliphatic rings. The van der Waals surface area contributed by atoms with Gasteiger partial charge in [-0.2, -0.15) is 0 Å². The summed E-state index contributed by atoms with van der Waals surface area (Å²) in [6, 6.07) is 0. The summed E-state index contributed by atoms with van der Waals surface area (Å²) < 4.78 is 33.9. The van der Waals surface area contributed by atoms with Crippen LogP contribution in [0, 0.1) is 0 Å². The molecule has 6 nitrogen and oxygen atoms in total. The summed E-state index contributed by atoms with van der Waals surface area (Å²) >= 11 is 0. The topological polar surface area (TPSA) is 114 Å². The first-order chi connectivity index (χ1) is 3.46. The van der Waals surface area contributed by atoms with Gasteiger partial charge in [0.15, 0.2) is 0 Å². The van der Waals surface area contributed by atoms with Gasteiger partial charge in [-0.3, -0.25) is 18.3 Å². The lowest BCUT2D eigenvalue weighted by Crippen LogP contribution is -1.71. The lowest BCUT2D eigenvalue weighted by molar-refractivity contribution is -0.170. The first kappa shape index (κ1) is 10.7. The molecule has 0 N–H and O–H groups in total. The SMILES string of the molecule is O=P(=O)[O-].O=P(=O)[O-]. The highest BCUT2D eigenvalue weighted by atomic mass is 31.1. The van der Waals surface area contributed by atoms with Crippen molar-refractivity contribution >= 4 is 15.8 Å². The van der Waals surface area contributed by atoms with Crippen LogP contribution in [0.5, 0.6) is 0 Å². The van der Waals surface area contributed by atoms with E-state index in [1.54, 1.807) is 0 Å². The van der Waals surface area contributed by atoms with Gasteiger partial charge in [0.25, 0.3) is 0 Å². The maximum atomic E-state index is 8.48. The van der Waals surface area contributed by atoms with Crippen molar-refractivity contribution in [1.82, 2.24) is 0 Å². The zero-order valence-electron chi connectivity index (χ0n) is 3.34. The summed E-state index contributed by atoms with van der Waals surface area (Å²) in [5.74, 6) is 0. The summed E-state index contributed by atoms with van der Waals surface area (Å²) in [5, 5.41) is 0. The Hall–Kier alpha value is -0.280. The Morgan fingerprint density at radius 1 is 0.750 bits per heavy atom. The zero-order valence-corrected chi connectivity index (χ0v) is 5.13. The van der Waals surface area contributed by atoms with Crippen LogP contribution in [0.1, 0.15) is 0 Å². The van der Waals surface area contributed by atoms with Gasteiger partial charge < -0.3 is 9.79 Å². The van der Waals surface area contributed by atoms with Crippen molar-refractivity contribution in [2.45, 2.75) is 0 Å². The summed E-state index contributed by atoms with van der Waals surface area (Å²) in [5.41, 5.74) is 0. The first-order valence-electron chi connectivity index (χ1n) is 1.10. The molecular formula is O6P2-2. The van der Waals surface area contributed by atoms with Gasteiger partial charge in [0.1, 0.15) is 0 Å². The molecule has 0 aromatic carbocycles.